The van der Waals surface area contributed by atoms with Gasteiger partial charge >= 0.3 is 0 Å². The van der Waals surface area contributed by atoms with E-state index in [2.05, 4.69) is 21.4 Å². The molecule has 170 valence electrons. The minimum absolute atomic E-state index is 0.208. The monoisotopic (exact) mass is 451 g/mol. The average Bonchev–Trinajstić information content (AvgIpc) is 3.27. The van der Waals surface area contributed by atoms with Gasteiger partial charge in [-0.05, 0) is 55.6 Å². The van der Waals surface area contributed by atoms with Crippen LogP contribution in [-0.2, 0) is 4.79 Å². The Labute approximate surface area is 198 Å². The number of anilines is 1. The molecule has 2 heterocycles. The molecule has 0 bridgehead atoms. The standard InChI is InChI=1S/C27H25N5O2/c1-32(2)9-5-8-26(33)31-22-11-20(12-23(14-22)34-3)21-13-24-25(17-30-27(24)29-16-21)19-7-4-6-18(10-19)15-28/h4-8,10-14,16-17H,9H2,1-3H3,(H,29,30)(H,31,33)/b8-5+. The number of nitrogens with one attached hydrogen (secondary N) is 2. The first-order valence-electron chi connectivity index (χ1n) is 10.8. The fraction of sp³-hybridized carbons (Fsp3) is 0.148. The number of hydrogen-bond donors (Lipinski definition) is 2. The Morgan fingerprint density at radius 2 is 2.03 bits per heavy atom. The lowest BCUT2D eigenvalue weighted by Gasteiger charge is -2.10. The van der Waals surface area contributed by atoms with E-state index in [1.165, 1.54) is 6.08 Å². The summed E-state index contributed by atoms with van der Waals surface area (Å²) in [6.07, 6.45) is 7.01. The molecule has 0 saturated heterocycles. The highest BCUT2D eigenvalue weighted by molar-refractivity contribution is 6.00. The molecule has 4 rings (SSSR count). The highest BCUT2D eigenvalue weighted by Gasteiger charge is 2.12. The van der Waals surface area contributed by atoms with E-state index in [0.717, 1.165) is 33.3 Å². The van der Waals surface area contributed by atoms with E-state index in [-0.39, 0.29) is 5.91 Å². The summed E-state index contributed by atoms with van der Waals surface area (Å²) >= 11 is 0. The van der Waals surface area contributed by atoms with Crippen molar-refractivity contribution in [1.29, 1.82) is 5.26 Å². The number of aromatic amines is 1. The zero-order valence-corrected chi connectivity index (χ0v) is 19.3. The van der Waals surface area contributed by atoms with E-state index in [9.17, 15) is 10.1 Å². The van der Waals surface area contributed by atoms with Crippen molar-refractivity contribution < 1.29 is 9.53 Å². The van der Waals surface area contributed by atoms with E-state index in [1.54, 1.807) is 25.4 Å². The van der Waals surface area contributed by atoms with Crippen molar-refractivity contribution in [3.63, 3.8) is 0 Å². The summed E-state index contributed by atoms with van der Waals surface area (Å²) in [5, 5.41) is 13.1. The number of aromatic nitrogens is 2. The molecule has 0 spiro atoms. The van der Waals surface area contributed by atoms with E-state index in [0.29, 0.717) is 23.5 Å². The number of hydrogen-bond acceptors (Lipinski definition) is 5. The van der Waals surface area contributed by atoms with Gasteiger partial charge in [-0.1, -0.05) is 18.2 Å². The summed E-state index contributed by atoms with van der Waals surface area (Å²) < 4.78 is 5.47. The van der Waals surface area contributed by atoms with Crippen molar-refractivity contribution in [1.82, 2.24) is 14.9 Å². The van der Waals surface area contributed by atoms with Crippen LogP contribution in [0.2, 0.25) is 0 Å². The number of methoxy groups -OCH3 is 1. The van der Waals surface area contributed by atoms with Gasteiger partial charge in [0, 0.05) is 53.3 Å². The molecule has 2 N–H and O–H groups in total. The van der Waals surface area contributed by atoms with Crippen LogP contribution in [0.3, 0.4) is 0 Å². The minimum atomic E-state index is -0.208. The van der Waals surface area contributed by atoms with Crippen LogP contribution in [0, 0.1) is 11.3 Å². The van der Waals surface area contributed by atoms with Crippen molar-refractivity contribution in [3.8, 4) is 34.1 Å². The second-order valence-corrected chi connectivity index (χ2v) is 8.12. The molecular formula is C27H25N5O2. The summed E-state index contributed by atoms with van der Waals surface area (Å²) in [7, 11) is 5.48. The fourth-order valence-corrected chi connectivity index (χ4v) is 3.67. The fourth-order valence-electron chi connectivity index (χ4n) is 3.67. The molecule has 4 aromatic rings. The zero-order valence-electron chi connectivity index (χ0n) is 19.3. The first kappa shape index (κ1) is 22.8. The summed E-state index contributed by atoms with van der Waals surface area (Å²) in [6.45, 7) is 0.679. The Hall–Kier alpha value is -4.41. The molecule has 1 amide bonds. The van der Waals surface area contributed by atoms with E-state index < -0.39 is 0 Å². The third-order valence-electron chi connectivity index (χ3n) is 5.32. The molecule has 0 aliphatic rings. The number of rotatable bonds is 7. The van der Waals surface area contributed by atoms with Gasteiger partial charge in [0.15, 0.2) is 0 Å². The molecule has 0 atom stereocenters. The predicted molar refractivity (Wildman–Crippen MR) is 135 cm³/mol. The van der Waals surface area contributed by atoms with Gasteiger partial charge < -0.3 is 19.9 Å². The van der Waals surface area contributed by atoms with Gasteiger partial charge in [-0.3, -0.25) is 4.79 Å². The maximum absolute atomic E-state index is 12.3. The number of H-pyrrole nitrogens is 1. The maximum Gasteiger partial charge on any atom is 0.248 e. The van der Waals surface area contributed by atoms with Crippen LogP contribution >= 0.6 is 0 Å². The van der Waals surface area contributed by atoms with Crippen molar-refractivity contribution in [2.75, 3.05) is 33.1 Å². The van der Waals surface area contributed by atoms with Gasteiger partial charge in [0.1, 0.15) is 11.4 Å². The molecule has 0 radical (unpaired) electrons. The Morgan fingerprint density at radius 3 is 2.79 bits per heavy atom. The number of carbonyl (C=O) groups is 1. The third kappa shape index (κ3) is 5.14. The first-order valence-corrected chi connectivity index (χ1v) is 10.8. The lowest BCUT2D eigenvalue weighted by Crippen LogP contribution is -2.13. The number of ether oxygens (including phenoxy) is 1. The predicted octanol–water partition coefficient (Wildman–Crippen LogP) is 4.83. The summed E-state index contributed by atoms with van der Waals surface area (Å²) in [4.78, 5) is 22.1. The number of likely N-dealkylation sites (N-methyl/N-ethyl adjacent to an activating group) is 1. The van der Waals surface area contributed by atoms with Gasteiger partial charge in [0.25, 0.3) is 0 Å². The van der Waals surface area contributed by atoms with E-state index >= 15 is 0 Å². The van der Waals surface area contributed by atoms with Gasteiger partial charge in [-0.25, -0.2) is 4.98 Å². The molecule has 0 aliphatic carbocycles. The Balaban J connectivity index is 1.69. The largest absolute Gasteiger partial charge is 0.497 e. The van der Waals surface area contributed by atoms with Crippen LogP contribution in [0.1, 0.15) is 5.56 Å². The van der Waals surface area contributed by atoms with Gasteiger partial charge in [0.2, 0.25) is 5.91 Å². The number of fused-ring (bicyclic) bond motifs is 1. The normalized spacial score (nSPS) is 11.1. The van der Waals surface area contributed by atoms with Crippen LogP contribution in [0.25, 0.3) is 33.3 Å². The quantitative estimate of drug-likeness (QED) is 0.393. The minimum Gasteiger partial charge on any atom is -0.497 e. The number of amides is 1. The lowest BCUT2D eigenvalue weighted by molar-refractivity contribution is -0.111. The zero-order chi connectivity index (χ0) is 24.1. The van der Waals surface area contributed by atoms with Gasteiger partial charge in [-0.2, -0.15) is 5.26 Å². The molecule has 0 saturated carbocycles. The molecule has 2 aromatic heterocycles. The second-order valence-electron chi connectivity index (χ2n) is 8.12. The smallest absolute Gasteiger partial charge is 0.248 e. The van der Waals surface area contributed by atoms with Crippen LogP contribution < -0.4 is 10.1 Å². The Bertz CT molecular complexity index is 1410. The third-order valence-corrected chi connectivity index (χ3v) is 5.32. The molecule has 7 nitrogen and oxygen atoms in total. The van der Waals surface area contributed by atoms with Crippen LogP contribution in [0.4, 0.5) is 5.69 Å². The van der Waals surface area contributed by atoms with Crippen molar-refractivity contribution in [2.24, 2.45) is 0 Å². The van der Waals surface area contributed by atoms with Crippen molar-refractivity contribution in [2.45, 2.75) is 0 Å². The molecule has 0 fully saturated rings. The van der Waals surface area contributed by atoms with Crippen molar-refractivity contribution >= 4 is 22.6 Å². The topological polar surface area (TPSA) is 94.0 Å². The summed E-state index contributed by atoms with van der Waals surface area (Å²) in [5.74, 6) is 0.418. The van der Waals surface area contributed by atoms with Crippen molar-refractivity contribution in [3.05, 3.63) is 78.6 Å². The first-order chi connectivity index (χ1) is 16.5. The molecule has 0 unspecified atom stereocenters. The van der Waals surface area contributed by atoms with Crippen LogP contribution in [-0.4, -0.2) is 48.5 Å². The molecule has 0 aliphatic heterocycles. The molecule has 7 heteroatoms. The SMILES string of the molecule is COc1cc(NC(=O)/C=C/CN(C)C)cc(-c2cnc3[nH]cc(-c4cccc(C#N)c4)c3c2)c1. The average molecular weight is 452 g/mol. The maximum atomic E-state index is 12.3. The highest BCUT2D eigenvalue weighted by Crippen LogP contribution is 2.33. The molecule has 2 aromatic carbocycles. The number of nitrogens with zero attached hydrogens (tertiary/aromatic N) is 3. The molecular weight excluding hydrogens is 426 g/mol. The number of nitriles is 1. The van der Waals surface area contributed by atoms with Gasteiger partial charge in [-0.15, -0.1) is 0 Å². The summed E-state index contributed by atoms with van der Waals surface area (Å²) in [6, 6.07) is 17.3. The van der Waals surface area contributed by atoms with Crippen LogP contribution in [0.5, 0.6) is 5.75 Å². The number of carbonyl (C=O) groups excluding carboxylic acids is 1. The number of benzene rings is 2. The highest BCUT2D eigenvalue weighted by atomic mass is 16.5. The lowest BCUT2D eigenvalue weighted by atomic mass is 10.0. The van der Waals surface area contributed by atoms with E-state index in [1.807, 2.05) is 67.7 Å². The second kappa shape index (κ2) is 10.0. The Kier molecular flexibility index (Phi) is 6.72. The Morgan fingerprint density at radius 1 is 1.18 bits per heavy atom. The molecule has 34 heavy (non-hydrogen) atoms. The summed E-state index contributed by atoms with van der Waals surface area (Å²) in [5.41, 5.74) is 5.62. The van der Waals surface area contributed by atoms with E-state index in [4.69, 9.17) is 4.74 Å². The van der Waals surface area contributed by atoms with Gasteiger partial charge in [0.05, 0.1) is 18.7 Å². The van der Waals surface area contributed by atoms with Crippen LogP contribution in [0.15, 0.2) is 73.1 Å². The number of pyridine rings is 1.